The average molecular weight is 763 g/mol. The van der Waals surface area contributed by atoms with Crippen molar-refractivity contribution in [1.29, 1.82) is 0 Å². The van der Waals surface area contributed by atoms with Crippen LogP contribution in [0.3, 0.4) is 0 Å². The zero-order chi connectivity index (χ0) is 30.6. The van der Waals surface area contributed by atoms with Gasteiger partial charge in [-0.25, -0.2) is 24.6 Å². The Hall–Kier alpha value is -4.31. The quantitative estimate of drug-likeness (QED) is 0.150. The van der Waals surface area contributed by atoms with E-state index in [9.17, 15) is 19.8 Å². The van der Waals surface area contributed by atoms with Gasteiger partial charge in [-0.15, -0.1) is 0 Å². The van der Waals surface area contributed by atoms with Crippen molar-refractivity contribution in [3.8, 4) is 0 Å². The van der Waals surface area contributed by atoms with Crippen LogP contribution < -0.4 is 0 Å². The summed E-state index contributed by atoms with van der Waals surface area (Å²) in [6.07, 6.45) is 0. The second-order valence-corrected chi connectivity index (χ2v) is 14.8. The molecule has 0 aliphatic carbocycles. The maximum atomic E-state index is 12.0. The van der Waals surface area contributed by atoms with Crippen molar-refractivity contribution in [3.63, 3.8) is 0 Å². The predicted octanol–water partition coefficient (Wildman–Crippen LogP) is 5.72. The molecule has 46 heavy (non-hydrogen) atoms. The van der Waals surface area contributed by atoms with Crippen LogP contribution in [0.4, 0.5) is 11.6 Å². The molecular formula is C33H29CdCl2N3O7. The van der Waals surface area contributed by atoms with Gasteiger partial charge in [0.05, 0.1) is 22.6 Å². The van der Waals surface area contributed by atoms with Gasteiger partial charge in [0, 0.05) is 22.3 Å². The fourth-order valence-electron chi connectivity index (χ4n) is 4.27. The molecule has 4 aromatic carbocycles. The van der Waals surface area contributed by atoms with E-state index < -0.39 is 33.7 Å². The first-order chi connectivity index (χ1) is 20.9. The monoisotopic (exact) mass is 763 g/mol. The zero-order valence-corrected chi connectivity index (χ0v) is 29.7. The second kappa shape index (κ2) is 19.9. The van der Waals surface area contributed by atoms with Gasteiger partial charge in [-0.3, -0.25) is 0 Å². The van der Waals surface area contributed by atoms with E-state index in [4.69, 9.17) is 26.6 Å². The fourth-order valence-corrected chi connectivity index (χ4v) is 4.27. The minimum atomic E-state index is -1.07. The summed E-state index contributed by atoms with van der Waals surface area (Å²) in [5.41, 5.74) is 3.51. The Balaban J connectivity index is 0.00000170. The number of aliphatic imine (C=N–C) groups is 2. The van der Waals surface area contributed by atoms with Gasteiger partial charge >= 0.3 is 50.4 Å². The number of aromatic carboxylic acids is 2. The second-order valence-electron chi connectivity index (χ2n) is 8.81. The van der Waals surface area contributed by atoms with E-state index >= 15 is 0 Å². The third-order valence-corrected chi connectivity index (χ3v) is 6.09. The van der Waals surface area contributed by atoms with Crippen LogP contribution in [-0.2, 0) is 21.8 Å². The third-order valence-electron chi connectivity index (χ3n) is 6.09. The van der Waals surface area contributed by atoms with Crippen LogP contribution in [-0.4, -0.2) is 55.0 Å². The molecule has 0 bridgehead atoms. The van der Waals surface area contributed by atoms with E-state index in [0.717, 1.165) is 11.1 Å². The fraction of sp³-hybridized carbons (Fsp3) is 0. The van der Waals surface area contributed by atoms with Crippen LogP contribution in [0.15, 0.2) is 137 Å². The normalized spacial score (nSPS) is 10.4. The number of carbonyl (C=O) groups is 2. The Bertz CT molecular complexity index is 1660. The zero-order valence-electron chi connectivity index (χ0n) is 24.1. The number of hydrogen-bond acceptors (Lipinski definition) is 5. The summed E-state index contributed by atoms with van der Waals surface area (Å²) in [6.45, 7) is 0. The van der Waals surface area contributed by atoms with E-state index in [1.165, 1.54) is 12.1 Å². The number of benzene rings is 4. The maximum absolute atomic E-state index is 12.0. The van der Waals surface area contributed by atoms with Crippen LogP contribution in [0.2, 0.25) is 0 Å². The number of hydrogen-bond donors (Lipinski definition) is 2. The standard InChI is InChI=1S/C33H23N3O4.Cd.2ClH.3H2O/c37-32(38)26-18-9-7-16-24(26)30(22-12-3-1-4-13-22)35-28-20-11-21-29(34-28)36-31(23-14-5-2-6-15-23)25-17-8-10-19-27(25)33(39)40;;;;;;/h1-21H,(H,37,38)(H,39,40);;2*1H;3*1H2/q;+2;;;;;/p-2/b35-30+,36-31?;;;;;;. The minimum absolute atomic E-state index is 0. The molecule has 1 heterocycles. The van der Waals surface area contributed by atoms with Crippen molar-refractivity contribution in [2.75, 3.05) is 0 Å². The van der Waals surface area contributed by atoms with Crippen molar-refractivity contribution in [2.24, 2.45) is 9.98 Å². The summed E-state index contributed by atoms with van der Waals surface area (Å²) in [7, 11) is 9.95. The summed E-state index contributed by atoms with van der Waals surface area (Å²) in [5, 5.41) is 19.6. The molecule has 234 valence electrons. The van der Waals surface area contributed by atoms with Crippen molar-refractivity contribution >= 4 is 51.6 Å². The van der Waals surface area contributed by atoms with Gasteiger partial charge in [-0.05, 0) is 24.3 Å². The van der Waals surface area contributed by atoms with Gasteiger partial charge in [-0.2, -0.15) is 0 Å². The van der Waals surface area contributed by atoms with Gasteiger partial charge in [0.15, 0.2) is 11.6 Å². The summed E-state index contributed by atoms with van der Waals surface area (Å²) in [6, 6.07) is 37.1. The van der Waals surface area contributed by atoms with Crippen LogP contribution in [0.5, 0.6) is 0 Å². The van der Waals surface area contributed by atoms with Gasteiger partial charge in [0.1, 0.15) is 0 Å². The molecule has 10 nitrogen and oxygen atoms in total. The molecule has 0 aliphatic rings. The molecular weight excluding hydrogens is 734 g/mol. The average Bonchev–Trinajstić information content (AvgIpc) is 3.04. The van der Waals surface area contributed by atoms with Gasteiger partial charge < -0.3 is 26.6 Å². The summed E-state index contributed by atoms with van der Waals surface area (Å²) < 4.78 is 0. The molecule has 0 atom stereocenters. The van der Waals surface area contributed by atoms with E-state index in [-0.39, 0.29) is 27.6 Å². The Kier molecular flexibility index (Phi) is 17.2. The van der Waals surface area contributed by atoms with Crippen molar-refractivity contribution in [3.05, 3.63) is 161 Å². The number of nitrogens with zero attached hydrogens (tertiary/aromatic N) is 3. The Labute approximate surface area is 283 Å². The van der Waals surface area contributed by atoms with Crippen LogP contribution in [0, 0.1) is 0 Å². The van der Waals surface area contributed by atoms with Crippen LogP contribution >= 0.6 is 16.6 Å². The van der Waals surface area contributed by atoms with E-state index in [1.54, 1.807) is 54.6 Å². The number of aromatic nitrogens is 1. The molecule has 0 aliphatic heterocycles. The first-order valence-corrected chi connectivity index (χ1v) is 23.2. The van der Waals surface area contributed by atoms with Crippen molar-refractivity contribution < 1.29 is 58.0 Å². The third kappa shape index (κ3) is 10.4. The molecule has 0 radical (unpaired) electrons. The molecule has 0 saturated heterocycles. The summed E-state index contributed by atoms with van der Waals surface area (Å²) >= 11 is -1.07. The molecule has 0 saturated carbocycles. The Morgan fingerprint density at radius 2 is 0.804 bits per heavy atom. The van der Waals surface area contributed by atoms with Gasteiger partial charge in [-0.1, -0.05) is 103 Å². The van der Waals surface area contributed by atoms with Gasteiger partial charge in [0.25, 0.3) is 0 Å². The first-order valence-electron chi connectivity index (χ1n) is 13.0. The van der Waals surface area contributed by atoms with E-state index in [0.29, 0.717) is 34.2 Å². The Morgan fingerprint density at radius 3 is 1.13 bits per heavy atom. The predicted molar refractivity (Wildman–Crippen MR) is 177 cm³/mol. The number of halogens is 2. The number of pyridine rings is 1. The van der Waals surface area contributed by atoms with Crippen LogP contribution in [0.1, 0.15) is 43.0 Å². The topological polar surface area (TPSA) is 207 Å². The molecule has 13 heteroatoms. The number of carboxylic acid groups (broad SMARTS) is 2. The molecule has 5 aromatic rings. The molecule has 8 N–H and O–H groups in total. The SMILES string of the molecule is O.O.O.O=C(O)c1ccccc1C(=Nc1cccc(/N=C(\c2ccccc2)c2ccccc2C(=O)O)n1)c1ccccc1.[Cl][Cd][Cl]. The molecule has 0 fully saturated rings. The van der Waals surface area contributed by atoms with Crippen LogP contribution in [0.25, 0.3) is 0 Å². The van der Waals surface area contributed by atoms with E-state index in [1.807, 2.05) is 60.7 Å². The first kappa shape index (κ1) is 39.7. The molecule has 5 rings (SSSR count). The summed E-state index contributed by atoms with van der Waals surface area (Å²) in [5.74, 6) is -1.48. The van der Waals surface area contributed by atoms with Crippen molar-refractivity contribution in [2.45, 2.75) is 0 Å². The molecule has 1 aromatic heterocycles. The molecule has 0 amide bonds. The summed E-state index contributed by atoms with van der Waals surface area (Å²) in [4.78, 5) is 38.2. The van der Waals surface area contributed by atoms with Gasteiger partial charge in [0.2, 0.25) is 0 Å². The Morgan fingerprint density at radius 1 is 0.500 bits per heavy atom. The molecule has 0 spiro atoms. The number of rotatable bonds is 8. The van der Waals surface area contributed by atoms with E-state index in [2.05, 4.69) is 4.98 Å². The molecule has 0 unspecified atom stereocenters. The van der Waals surface area contributed by atoms with Crippen molar-refractivity contribution in [1.82, 2.24) is 4.98 Å². The number of carboxylic acids is 2.